The average Bonchev–Trinajstić information content (AvgIpc) is 3.25. The van der Waals surface area contributed by atoms with Gasteiger partial charge >= 0.3 is 12.5 Å². The Morgan fingerprint density at radius 3 is 2.31 bits per heavy atom. The minimum atomic E-state index is -2.77. The largest absolute Gasteiger partial charge is 0.454 e. The SMILES string of the molecule is Cc1ccc(C)n1-c1ccc(C(=O)OCc2nc3ccccc3n2C(F)F)cc1. The molecule has 0 amide bonds. The fraction of sp³-hybridized carbons (Fsp3) is 0.182. The van der Waals surface area contributed by atoms with Crippen LogP contribution in [0.25, 0.3) is 16.7 Å². The number of benzene rings is 2. The number of hydrogen-bond donors (Lipinski definition) is 0. The Bertz CT molecular complexity index is 1160. The monoisotopic (exact) mass is 395 g/mol. The molecule has 2 heterocycles. The van der Waals surface area contributed by atoms with Crippen molar-refractivity contribution in [3.63, 3.8) is 0 Å². The lowest BCUT2D eigenvalue weighted by molar-refractivity contribution is 0.0387. The van der Waals surface area contributed by atoms with E-state index in [-0.39, 0.29) is 12.4 Å². The van der Waals surface area contributed by atoms with E-state index in [0.29, 0.717) is 16.6 Å². The molecule has 0 bridgehead atoms. The van der Waals surface area contributed by atoms with Crippen molar-refractivity contribution >= 4 is 17.0 Å². The second-order valence-corrected chi connectivity index (χ2v) is 6.74. The van der Waals surface area contributed by atoms with Crippen LogP contribution in [0.2, 0.25) is 0 Å². The van der Waals surface area contributed by atoms with Crippen molar-refractivity contribution in [2.45, 2.75) is 27.0 Å². The van der Waals surface area contributed by atoms with E-state index < -0.39 is 12.5 Å². The molecule has 0 atom stereocenters. The van der Waals surface area contributed by atoms with Crippen LogP contribution < -0.4 is 0 Å². The number of para-hydroxylation sites is 2. The first-order chi connectivity index (χ1) is 14.0. The molecule has 0 saturated carbocycles. The standard InChI is InChI=1S/C22H19F2N3O2/c1-14-7-8-15(2)26(14)17-11-9-16(10-12-17)21(28)29-13-20-25-18-5-3-4-6-19(18)27(20)22(23)24/h3-12,22H,13H2,1-2H3. The van der Waals surface area contributed by atoms with E-state index in [1.54, 1.807) is 36.4 Å². The number of esters is 1. The number of carbonyl (C=O) groups excluding carboxylic acids is 1. The Morgan fingerprint density at radius 1 is 1.00 bits per heavy atom. The van der Waals surface area contributed by atoms with Crippen molar-refractivity contribution in [3.05, 3.63) is 83.4 Å². The lowest BCUT2D eigenvalue weighted by atomic mass is 10.2. The van der Waals surface area contributed by atoms with Crippen molar-refractivity contribution < 1.29 is 18.3 Å². The summed E-state index contributed by atoms with van der Waals surface area (Å²) in [4.78, 5) is 16.6. The summed E-state index contributed by atoms with van der Waals surface area (Å²) >= 11 is 0. The zero-order valence-electron chi connectivity index (χ0n) is 16.0. The van der Waals surface area contributed by atoms with Crippen LogP contribution in [0.15, 0.2) is 60.7 Å². The van der Waals surface area contributed by atoms with Crippen molar-refractivity contribution in [2.75, 3.05) is 0 Å². The predicted octanol–water partition coefficient (Wildman–Crippen LogP) is 5.20. The van der Waals surface area contributed by atoms with Crippen LogP contribution >= 0.6 is 0 Å². The van der Waals surface area contributed by atoms with E-state index in [1.165, 1.54) is 0 Å². The maximum absolute atomic E-state index is 13.5. The predicted molar refractivity (Wildman–Crippen MR) is 105 cm³/mol. The molecule has 0 unspecified atom stereocenters. The van der Waals surface area contributed by atoms with Crippen molar-refractivity contribution in [1.82, 2.24) is 14.1 Å². The van der Waals surface area contributed by atoms with E-state index in [4.69, 9.17) is 4.74 Å². The van der Waals surface area contributed by atoms with Crippen LogP contribution in [0, 0.1) is 13.8 Å². The van der Waals surface area contributed by atoms with Gasteiger partial charge in [0.25, 0.3) is 0 Å². The molecule has 2 aromatic carbocycles. The van der Waals surface area contributed by atoms with Crippen LogP contribution in [0.4, 0.5) is 8.78 Å². The van der Waals surface area contributed by atoms with Crippen LogP contribution in [0.3, 0.4) is 0 Å². The lowest BCUT2D eigenvalue weighted by Gasteiger charge is -2.11. The zero-order valence-corrected chi connectivity index (χ0v) is 16.0. The van der Waals surface area contributed by atoms with Gasteiger partial charge in [0, 0.05) is 17.1 Å². The minimum absolute atomic E-state index is 0.00441. The van der Waals surface area contributed by atoms with Gasteiger partial charge in [-0.1, -0.05) is 12.1 Å². The molecule has 4 aromatic rings. The molecule has 0 saturated heterocycles. The van der Waals surface area contributed by atoms with E-state index in [0.717, 1.165) is 21.6 Å². The van der Waals surface area contributed by atoms with Gasteiger partial charge in [-0.15, -0.1) is 0 Å². The van der Waals surface area contributed by atoms with Crippen molar-refractivity contribution in [3.8, 4) is 5.69 Å². The summed E-state index contributed by atoms with van der Waals surface area (Å²) < 4.78 is 35.0. The van der Waals surface area contributed by atoms with Gasteiger partial charge in [-0.2, -0.15) is 8.78 Å². The number of ether oxygens (including phenoxy) is 1. The third-order valence-corrected chi connectivity index (χ3v) is 4.83. The van der Waals surface area contributed by atoms with Crippen LogP contribution in [0.5, 0.6) is 0 Å². The molecule has 0 aliphatic carbocycles. The highest BCUT2D eigenvalue weighted by atomic mass is 19.3. The number of aryl methyl sites for hydroxylation is 2. The summed E-state index contributed by atoms with van der Waals surface area (Å²) in [7, 11) is 0. The van der Waals surface area contributed by atoms with Gasteiger partial charge in [0.15, 0.2) is 5.82 Å². The Kier molecular flexibility index (Phi) is 4.88. The molecule has 148 valence electrons. The summed E-state index contributed by atoms with van der Waals surface area (Å²) in [6, 6.07) is 17.6. The highest BCUT2D eigenvalue weighted by Gasteiger charge is 2.19. The van der Waals surface area contributed by atoms with E-state index in [1.807, 2.05) is 38.1 Å². The third kappa shape index (κ3) is 3.51. The molecule has 0 N–H and O–H groups in total. The number of alkyl halides is 2. The number of fused-ring (bicyclic) bond motifs is 1. The molecule has 29 heavy (non-hydrogen) atoms. The second kappa shape index (κ2) is 7.50. The summed E-state index contributed by atoms with van der Waals surface area (Å²) in [5.74, 6) is -0.588. The van der Waals surface area contributed by atoms with Gasteiger partial charge in [0.1, 0.15) is 6.61 Å². The summed E-state index contributed by atoms with van der Waals surface area (Å²) in [5, 5.41) is 0. The summed E-state index contributed by atoms with van der Waals surface area (Å²) in [5.41, 5.74) is 4.18. The molecule has 4 rings (SSSR count). The first-order valence-corrected chi connectivity index (χ1v) is 9.12. The normalized spacial score (nSPS) is 11.3. The molecule has 2 aromatic heterocycles. The average molecular weight is 395 g/mol. The van der Waals surface area contributed by atoms with Gasteiger partial charge in [0.2, 0.25) is 0 Å². The third-order valence-electron chi connectivity index (χ3n) is 4.83. The maximum Gasteiger partial charge on any atom is 0.338 e. The van der Waals surface area contributed by atoms with E-state index >= 15 is 0 Å². The summed E-state index contributed by atoms with van der Waals surface area (Å²) in [6.07, 6.45) is 0. The van der Waals surface area contributed by atoms with Gasteiger partial charge in [-0.25, -0.2) is 9.78 Å². The molecule has 0 spiro atoms. The Morgan fingerprint density at radius 2 is 1.66 bits per heavy atom. The first-order valence-electron chi connectivity index (χ1n) is 9.12. The molecule has 0 aliphatic rings. The number of aromatic nitrogens is 3. The van der Waals surface area contributed by atoms with Gasteiger partial charge in [0.05, 0.1) is 16.6 Å². The fourth-order valence-corrected chi connectivity index (χ4v) is 3.45. The number of nitrogens with zero attached hydrogens (tertiary/aromatic N) is 3. The Balaban J connectivity index is 1.52. The topological polar surface area (TPSA) is 49.1 Å². The number of hydrogen-bond acceptors (Lipinski definition) is 3. The highest BCUT2D eigenvalue weighted by molar-refractivity contribution is 5.89. The van der Waals surface area contributed by atoms with Gasteiger partial charge in [-0.05, 0) is 62.4 Å². The smallest absolute Gasteiger partial charge is 0.338 e. The fourth-order valence-electron chi connectivity index (χ4n) is 3.45. The number of rotatable bonds is 5. The molecule has 0 aliphatic heterocycles. The minimum Gasteiger partial charge on any atom is -0.454 e. The van der Waals surface area contributed by atoms with Crippen LogP contribution in [0.1, 0.15) is 34.1 Å². The van der Waals surface area contributed by atoms with Crippen LogP contribution in [-0.4, -0.2) is 20.1 Å². The van der Waals surface area contributed by atoms with Crippen LogP contribution in [-0.2, 0) is 11.3 Å². The molecule has 5 nitrogen and oxygen atoms in total. The maximum atomic E-state index is 13.5. The quantitative estimate of drug-likeness (QED) is 0.437. The highest BCUT2D eigenvalue weighted by Crippen LogP contribution is 2.24. The molecule has 0 radical (unpaired) electrons. The number of carbonyl (C=O) groups is 1. The van der Waals surface area contributed by atoms with E-state index in [2.05, 4.69) is 9.55 Å². The van der Waals surface area contributed by atoms with Crippen molar-refractivity contribution in [1.29, 1.82) is 0 Å². The Labute approximate surface area is 166 Å². The van der Waals surface area contributed by atoms with Gasteiger partial charge in [-0.3, -0.25) is 4.57 Å². The van der Waals surface area contributed by atoms with E-state index in [9.17, 15) is 13.6 Å². The summed E-state index contributed by atoms with van der Waals surface area (Å²) in [6.45, 7) is 0.896. The molecule has 7 heteroatoms. The van der Waals surface area contributed by atoms with Crippen molar-refractivity contribution in [2.24, 2.45) is 0 Å². The molecule has 0 fully saturated rings. The van der Waals surface area contributed by atoms with Gasteiger partial charge < -0.3 is 9.30 Å². The lowest BCUT2D eigenvalue weighted by Crippen LogP contribution is -2.11. The second-order valence-electron chi connectivity index (χ2n) is 6.74. The molecular weight excluding hydrogens is 376 g/mol. The first kappa shape index (κ1) is 18.9. The number of halogens is 2. The number of imidazole rings is 1. The Hall–Kier alpha value is -3.48. The molecular formula is C22H19F2N3O2. The zero-order chi connectivity index (χ0) is 20.5.